The molecule has 0 amide bonds. The van der Waals surface area contributed by atoms with Crippen LogP contribution in [0.2, 0.25) is 0 Å². The van der Waals surface area contributed by atoms with E-state index in [2.05, 4.69) is 21.2 Å². The van der Waals surface area contributed by atoms with Crippen molar-refractivity contribution < 1.29 is 9.90 Å². The van der Waals surface area contributed by atoms with Gasteiger partial charge in [-0.3, -0.25) is 0 Å². The van der Waals surface area contributed by atoms with E-state index in [4.69, 9.17) is 5.11 Å². The molecule has 0 fully saturated rings. The quantitative estimate of drug-likeness (QED) is 0.647. The molecule has 0 radical (unpaired) electrons. The third-order valence-electron chi connectivity index (χ3n) is 1.87. The highest BCUT2D eigenvalue weighted by atomic mass is 79.9. The van der Waals surface area contributed by atoms with Gasteiger partial charge in [-0.2, -0.15) is 0 Å². The van der Waals surface area contributed by atoms with E-state index in [-0.39, 0.29) is 0 Å². The Hall–Kier alpha value is -0.650. The van der Waals surface area contributed by atoms with E-state index in [0.29, 0.717) is 12.1 Å². The third kappa shape index (κ3) is 4.15. The fourth-order valence-electron chi connectivity index (χ4n) is 0.950. The first kappa shape index (κ1) is 12.4. The highest BCUT2D eigenvalue weighted by Gasteiger charge is 2.00. The Morgan fingerprint density at radius 3 is 3.00 bits per heavy atom. The molecule has 5 heteroatoms. The highest BCUT2D eigenvalue weighted by molar-refractivity contribution is 9.10. The van der Waals surface area contributed by atoms with Gasteiger partial charge in [-0.1, -0.05) is 6.08 Å². The zero-order valence-electron chi connectivity index (χ0n) is 8.29. The molecule has 0 unspecified atom stereocenters. The Morgan fingerprint density at radius 1 is 1.73 bits per heavy atom. The third-order valence-corrected chi connectivity index (χ3v) is 3.79. The monoisotopic (exact) mass is 289 g/mol. The van der Waals surface area contributed by atoms with Gasteiger partial charge in [0.25, 0.3) is 0 Å². The molecular weight excluding hydrogens is 278 g/mol. The van der Waals surface area contributed by atoms with Gasteiger partial charge in [-0.15, -0.1) is 11.3 Å². The van der Waals surface area contributed by atoms with Crippen molar-refractivity contribution >= 4 is 33.2 Å². The van der Waals surface area contributed by atoms with E-state index in [1.807, 2.05) is 11.4 Å². The van der Waals surface area contributed by atoms with Gasteiger partial charge in [0, 0.05) is 28.0 Å². The van der Waals surface area contributed by atoms with E-state index in [1.54, 1.807) is 24.3 Å². The number of hydrogen-bond donors (Lipinski definition) is 2. The number of nitrogens with one attached hydrogen (secondary N) is 1. The Labute approximate surface area is 101 Å². The summed E-state index contributed by atoms with van der Waals surface area (Å²) in [7, 11) is 0. The van der Waals surface area contributed by atoms with Crippen molar-refractivity contribution in [3.63, 3.8) is 0 Å². The first-order valence-electron chi connectivity index (χ1n) is 4.44. The number of thiophene rings is 1. The van der Waals surface area contributed by atoms with Crippen molar-refractivity contribution in [1.29, 1.82) is 0 Å². The Bertz CT molecular complexity index is 373. The molecule has 0 aromatic carbocycles. The van der Waals surface area contributed by atoms with Crippen molar-refractivity contribution in [2.75, 3.05) is 6.54 Å². The predicted octanol–water partition coefficient (Wildman–Crippen LogP) is 2.63. The van der Waals surface area contributed by atoms with Crippen LogP contribution < -0.4 is 5.32 Å². The summed E-state index contributed by atoms with van der Waals surface area (Å²) in [6.07, 6.45) is 1.67. The van der Waals surface area contributed by atoms with Crippen LogP contribution in [-0.2, 0) is 11.3 Å². The molecule has 0 aliphatic rings. The van der Waals surface area contributed by atoms with Crippen molar-refractivity contribution in [1.82, 2.24) is 5.32 Å². The molecule has 0 aliphatic heterocycles. The summed E-state index contributed by atoms with van der Waals surface area (Å²) in [4.78, 5) is 11.7. The normalized spacial score (nSPS) is 11.7. The fraction of sp³-hybridized carbons (Fsp3) is 0.300. The number of carboxylic acid groups (broad SMARTS) is 1. The molecule has 2 N–H and O–H groups in total. The van der Waals surface area contributed by atoms with Crippen molar-refractivity contribution in [3.05, 3.63) is 32.4 Å². The first-order chi connectivity index (χ1) is 7.11. The van der Waals surface area contributed by atoms with Gasteiger partial charge in [0.15, 0.2) is 0 Å². The molecule has 0 atom stereocenters. The van der Waals surface area contributed by atoms with Crippen LogP contribution in [0.25, 0.3) is 0 Å². The lowest BCUT2D eigenvalue weighted by molar-refractivity contribution is -0.132. The van der Waals surface area contributed by atoms with Crippen LogP contribution in [-0.4, -0.2) is 17.6 Å². The van der Waals surface area contributed by atoms with Gasteiger partial charge in [-0.25, -0.2) is 4.79 Å². The maximum absolute atomic E-state index is 10.5. The Balaban J connectivity index is 2.32. The van der Waals surface area contributed by atoms with Crippen molar-refractivity contribution in [2.24, 2.45) is 0 Å². The van der Waals surface area contributed by atoms with Crippen molar-refractivity contribution in [2.45, 2.75) is 13.5 Å². The maximum atomic E-state index is 10.5. The van der Waals surface area contributed by atoms with Gasteiger partial charge in [0.05, 0.1) is 0 Å². The van der Waals surface area contributed by atoms with E-state index in [1.165, 1.54) is 4.88 Å². The van der Waals surface area contributed by atoms with Gasteiger partial charge >= 0.3 is 5.97 Å². The molecule has 0 aliphatic carbocycles. The largest absolute Gasteiger partial charge is 0.478 e. The summed E-state index contributed by atoms with van der Waals surface area (Å²) < 4.78 is 1.10. The van der Waals surface area contributed by atoms with Crippen LogP contribution in [0.1, 0.15) is 11.8 Å². The van der Waals surface area contributed by atoms with Gasteiger partial charge in [0.2, 0.25) is 0 Å². The summed E-state index contributed by atoms with van der Waals surface area (Å²) in [6.45, 7) is 2.91. The van der Waals surface area contributed by atoms with Gasteiger partial charge in [0.1, 0.15) is 0 Å². The van der Waals surface area contributed by atoms with Crippen LogP contribution in [0.5, 0.6) is 0 Å². The number of carboxylic acids is 1. The lowest BCUT2D eigenvalue weighted by Crippen LogP contribution is -2.13. The van der Waals surface area contributed by atoms with Gasteiger partial charge in [-0.05, 0) is 34.3 Å². The van der Waals surface area contributed by atoms with E-state index < -0.39 is 5.97 Å². The molecular formula is C10H12BrNO2S. The second-order valence-electron chi connectivity index (χ2n) is 3.01. The molecule has 3 nitrogen and oxygen atoms in total. The summed E-state index contributed by atoms with van der Waals surface area (Å²) in [5.74, 6) is -0.867. The molecule has 0 saturated carbocycles. The number of carbonyl (C=O) groups is 1. The minimum Gasteiger partial charge on any atom is -0.478 e. The molecule has 1 aromatic rings. The highest BCUT2D eigenvalue weighted by Crippen LogP contribution is 2.21. The number of halogens is 1. The minimum absolute atomic E-state index is 0.368. The van der Waals surface area contributed by atoms with Crippen LogP contribution in [0, 0.1) is 0 Å². The van der Waals surface area contributed by atoms with Crippen LogP contribution >= 0.6 is 27.3 Å². The van der Waals surface area contributed by atoms with E-state index in [0.717, 1.165) is 11.0 Å². The molecule has 0 bridgehead atoms. The molecule has 0 saturated heterocycles. The van der Waals surface area contributed by atoms with Crippen LogP contribution in [0.3, 0.4) is 0 Å². The summed E-state index contributed by atoms with van der Waals surface area (Å²) in [5, 5.41) is 13.8. The Kier molecular flexibility index (Phi) is 5.01. The summed E-state index contributed by atoms with van der Waals surface area (Å²) in [6, 6.07) is 2.00. The first-order valence-corrected chi connectivity index (χ1v) is 6.11. The Morgan fingerprint density at radius 2 is 2.47 bits per heavy atom. The molecule has 1 heterocycles. The van der Waals surface area contributed by atoms with Crippen LogP contribution in [0.15, 0.2) is 27.6 Å². The molecule has 0 spiro atoms. The standard InChI is InChI=1S/C10H12BrNO2S/c1-7(10(13)14)2-4-12-6-9-8(11)3-5-15-9/h2-3,5,12H,4,6H2,1H3,(H,13,14)/b7-2-. The molecule has 15 heavy (non-hydrogen) atoms. The average molecular weight is 290 g/mol. The minimum atomic E-state index is -0.867. The second-order valence-corrected chi connectivity index (χ2v) is 4.87. The summed E-state index contributed by atoms with van der Waals surface area (Å²) >= 11 is 5.10. The summed E-state index contributed by atoms with van der Waals surface area (Å²) in [5.41, 5.74) is 0.368. The lowest BCUT2D eigenvalue weighted by atomic mass is 10.3. The SMILES string of the molecule is C/C(=C/CNCc1sccc1Br)C(=O)O. The van der Waals surface area contributed by atoms with E-state index in [9.17, 15) is 4.79 Å². The maximum Gasteiger partial charge on any atom is 0.330 e. The fourth-order valence-corrected chi connectivity index (χ4v) is 2.41. The average Bonchev–Trinajstić information content (AvgIpc) is 2.58. The number of rotatable bonds is 5. The van der Waals surface area contributed by atoms with Gasteiger partial charge < -0.3 is 10.4 Å². The predicted molar refractivity (Wildman–Crippen MR) is 65.1 cm³/mol. The lowest BCUT2D eigenvalue weighted by Gasteiger charge is -2.00. The zero-order valence-corrected chi connectivity index (χ0v) is 10.7. The van der Waals surface area contributed by atoms with Crippen LogP contribution in [0.4, 0.5) is 0 Å². The topological polar surface area (TPSA) is 49.3 Å². The zero-order chi connectivity index (χ0) is 11.3. The molecule has 82 valence electrons. The molecule has 1 aromatic heterocycles. The smallest absolute Gasteiger partial charge is 0.330 e. The molecule has 1 rings (SSSR count). The number of hydrogen-bond acceptors (Lipinski definition) is 3. The second kappa shape index (κ2) is 6.05. The number of aliphatic carboxylic acids is 1. The van der Waals surface area contributed by atoms with E-state index >= 15 is 0 Å². The van der Waals surface area contributed by atoms with Crippen molar-refractivity contribution in [3.8, 4) is 0 Å².